The monoisotopic (exact) mass is 368 g/mol. The van der Waals surface area contributed by atoms with Crippen LogP contribution in [-0.2, 0) is 0 Å². The topological polar surface area (TPSA) is 55.9 Å². The Hall–Kier alpha value is -2.80. The zero-order valence-electron chi connectivity index (χ0n) is 14.8. The minimum absolute atomic E-state index is 0.191. The third-order valence-corrected chi connectivity index (χ3v) is 5.15. The lowest BCUT2D eigenvalue weighted by atomic mass is 10.0. The average molecular weight is 368 g/mol. The molecule has 5 rings (SSSR count). The van der Waals surface area contributed by atoms with E-state index >= 15 is 0 Å². The Morgan fingerprint density at radius 2 is 1.74 bits per heavy atom. The Morgan fingerprint density at radius 3 is 2.52 bits per heavy atom. The van der Waals surface area contributed by atoms with Crippen molar-refractivity contribution in [2.75, 3.05) is 13.1 Å². The third kappa shape index (κ3) is 2.78. The molecule has 1 aliphatic rings. The van der Waals surface area contributed by atoms with Gasteiger partial charge in [0, 0.05) is 18.5 Å². The Balaban J connectivity index is 1.61. The number of nitrogens with one attached hydrogen (secondary N) is 1. The van der Waals surface area contributed by atoms with Crippen LogP contribution in [0.1, 0.15) is 24.8 Å². The molecule has 2 aromatic heterocycles. The lowest BCUT2D eigenvalue weighted by Crippen LogP contribution is -2.29. The van der Waals surface area contributed by atoms with Crippen molar-refractivity contribution in [1.82, 2.24) is 20.1 Å². The van der Waals surface area contributed by atoms with Crippen LogP contribution >= 0.6 is 0 Å². The molecule has 2 aromatic carbocycles. The predicted molar refractivity (Wildman–Crippen MR) is 98.5 cm³/mol. The van der Waals surface area contributed by atoms with Gasteiger partial charge in [-0.2, -0.15) is 5.10 Å². The Kier molecular flexibility index (Phi) is 3.72. The van der Waals surface area contributed by atoms with Crippen molar-refractivity contribution in [3.63, 3.8) is 0 Å². The number of aryl methyl sites for hydroxylation is 1. The molecule has 7 heteroatoms. The van der Waals surface area contributed by atoms with Crippen LogP contribution in [0.4, 0.5) is 8.78 Å². The smallest absolute Gasteiger partial charge is 0.192 e. The van der Waals surface area contributed by atoms with Gasteiger partial charge in [-0.15, -0.1) is 0 Å². The first kappa shape index (κ1) is 16.4. The van der Waals surface area contributed by atoms with Gasteiger partial charge in [0.1, 0.15) is 11.0 Å². The first-order chi connectivity index (χ1) is 13.1. The van der Waals surface area contributed by atoms with Crippen molar-refractivity contribution in [3.05, 3.63) is 48.0 Å². The molecule has 138 valence electrons. The molecule has 0 spiro atoms. The van der Waals surface area contributed by atoms with E-state index in [9.17, 15) is 8.78 Å². The van der Waals surface area contributed by atoms with Crippen molar-refractivity contribution in [3.8, 4) is 11.1 Å². The van der Waals surface area contributed by atoms with E-state index in [1.807, 2.05) is 16.9 Å². The molecular formula is C20H18F2N4O. The van der Waals surface area contributed by atoms with Gasteiger partial charge in [-0.1, -0.05) is 0 Å². The van der Waals surface area contributed by atoms with Crippen molar-refractivity contribution in [2.24, 2.45) is 0 Å². The molecule has 4 aromatic rings. The number of hydrogen-bond donors (Lipinski definition) is 1. The summed E-state index contributed by atoms with van der Waals surface area (Å²) in [5, 5.41) is 8.48. The van der Waals surface area contributed by atoms with Crippen molar-refractivity contribution in [2.45, 2.75) is 25.8 Å². The molecule has 1 N–H and O–H groups in total. The van der Waals surface area contributed by atoms with E-state index in [2.05, 4.69) is 15.4 Å². The SMILES string of the molecule is Cc1nc2c(F)cc(-c3cc(F)c4nn(C5CCNCC5)cc4c3)cc2o1. The largest absolute Gasteiger partial charge is 0.441 e. The lowest BCUT2D eigenvalue weighted by molar-refractivity contribution is 0.344. The molecule has 3 heterocycles. The molecule has 27 heavy (non-hydrogen) atoms. The molecular weight excluding hydrogens is 350 g/mol. The Bertz CT molecular complexity index is 1160. The van der Waals surface area contributed by atoms with Crippen LogP contribution in [-0.4, -0.2) is 27.9 Å². The van der Waals surface area contributed by atoms with Gasteiger partial charge in [-0.25, -0.2) is 13.8 Å². The molecule has 1 fully saturated rings. The van der Waals surface area contributed by atoms with E-state index in [1.54, 1.807) is 13.0 Å². The molecule has 5 nitrogen and oxygen atoms in total. The number of fused-ring (bicyclic) bond motifs is 2. The Labute approximate surface area is 154 Å². The minimum atomic E-state index is -0.481. The molecule has 1 aliphatic heterocycles. The van der Waals surface area contributed by atoms with E-state index in [4.69, 9.17) is 4.42 Å². The normalized spacial score (nSPS) is 15.8. The second-order valence-corrected chi connectivity index (χ2v) is 7.02. The zero-order valence-corrected chi connectivity index (χ0v) is 14.8. The molecule has 0 aliphatic carbocycles. The number of oxazole rings is 1. The van der Waals surface area contributed by atoms with Gasteiger partial charge in [0.05, 0.1) is 6.04 Å². The van der Waals surface area contributed by atoms with E-state index in [1.165, 1.54) is 12.1 Å². The molecule has 0 bridgehead atoms. The first-order valence-corrected chi connectivity index (χ1v) is 9.05. The summed E-state index contributed by atoms with van der Waals surface area (Å²) in [7, 11) is 0. The maximum atomic E-state index is 14.7. The van der Waals surface area contributed by atoms with Gasteiger partial charge in [0.2, 0.25) is 0 Å². The summed E-state index contributed by atoms with van der Waals surface area (Å²) in [5.74, 6) is -0.499. The number of benzene rings is 2. The second kappa shape index (κ2) is 6.13. The highest BCUT2D eigenvalue weighted by Crippen LogP contribution is 2.31. The summed E-state index contributed by atoms with van der Waals surface area (Å²) in [5.41, 5.74) is 2.02. The summed E-state index contributed by atoms with van der Waals surface area (Å²) in [6.45, 7) is 3.54. The van der Waals surface area contributed by atoms with Crippen LogP contribution in [0.3, 0.4) is 0 Å². The van der Waals surface area contributed by atoms with Gasteiger partial charge in [0.25, 0.3) is 0 Å². The van der Waals surface area contributed by atoms with E-state index in [0.29, 0.717) is 33.5 Å². The predicted octanol–water partition coefficient (Wildman–Crippen LogP) is 4.36. The second-order valence-electron chi connectivity index (χ2n) is 7.02. The van der Waals surface area contributed by atoms with Gasteiger partial charge < -0.3 is 9.73 Å². The van der Waals surface area contributed by atoms with Crippen LogP contribution in [0.15, 0.2) is 34.9 Å². The quantitative estimate of drug-likeness (QED) is 0.571. The third-order valence-electron chi connectivity index (χ3n) is 5.15. The minimum Gasteiger partial charge on any atom is -0.441 e. The first-order valence-electron chi connectivity index (χ1n) is 9.05. The van der Waals surface area contributed by atoms with E-state index < -0.39 is 11.6 Å². The summed E-state index contributed by atoms with van der Waals surface area (Å²) in [6.07, 6.45) is 3.82. The highest BCUT2D eigenvalue weighted by Gasteiger charge is 2.19. The molecule has 1 saturated heterocycles. The summed E-state index contributed by atoms with van der Waals surface area (Å²) >= 11 is 0. The zero-order chi connectivity index (χ0) is 18.5. The standard InChI is InChI=1S/C20H18F2N4O/c1-11-24-20-17(22)8-13(9-18(20)27-11)12-6-14-10-26(15-2-4-23-5-3-15)25-19(14)16(21)7-12/h6-10,15,23H,2-5H2,1H3. The Morgan fingerprint density at radius 1 is 1.04 bits per heavy atom. The van der Waals surface area contributed by atoms with E-state index in [0.717, 1.165) is 25.9 Å². The number of nitrogens with zero attached hydrogens (tertiary/aromatic N) is 3. The highest BCUT2D eigenvalue weighted by atomic mass is 19.1. The average Bonchev–Trinajstić information content (AvgIpc) is 3.26. The van der Waals surface area contributed by atoms with Crippen LogP contribution in [0.2, 0.25) is 0 Å². The van der Waals surface area contributed by atoms with Gasteiger partial charge in [-0.3, -0.25) is 4.68 Å². The number of halogens is 2. The number of aromatic nitrogens is 3. The maximum absolute atomic E-state index is 14.7. The fourth-order valence-corrected chi connectivity index (χ4v) is 3.80. The summed E-state index contributed by atoms with van der Waals surface area (Å²) < 4.78 is 36.4. The lowest BCUT2D eigenvalue weighted by Gasteiger charge is -2.22. The number of rotatable bonds is 2. The highest BCUT2D eigenvalue weighted by molar-refractivity contribution is 5.87. The molecule has 0 atom stereocenters. The van der Waals surface area contributed by atoms with Crippen LogP contribution in [0, 0.1) is 18.6 Å². The molecule has 0 radical (unpaired) electrons. The van der Waals surface area contributed by atoms with Crippen LogP contribution in [0.25, 0.3) is 33.1 Å². The van der Waals surface area contributed by atoms with E-state index in [-0.39, 0.29) is 11.6 Å². The molecule has 0 amide bonds. The van der Waals surface area contributed by atoms with Gasteiger partial charge >= 0.3 is 0 Å². The molecule has 0 saturated carbocycles. The summed E-state index contributed by atoms with van der Waals surface area (Å²) in [6, 6.07) is 6.56. The van der Waals surface area contributed by atoms with Crippen molar-refractivity contribution in [1.29, 1.82) is 0 Å². The van der Waals surface area contributed by atoms with Crippen molar-refractivity contribution >= 4 is 22.0 Å². The van der Waals surface area contributed by atoms with Crippen molar-refractivity contribution < 1.29 is 13.2 Å². The number of hydrogen-bond acceptors (Lipinski definition) is 4. The van der Waals surface area contributed by atoms with Crippen LogP contribution < -0.4 is 5.32 Å². The maximum Gasteiger partial charge on any atom is 0.192 e. The molecule has 0 unspecified atom stereocenters. The summed E-state index contributed by atoms with van der Waals surface area (Å²) in [4.78, 5) is 4.04. The van der Waals surface area contributed by atoms with Gasteiger partial charge in [-0.05, 0) is 61.3 Å². The van der Waals surface area contributed by atoms with Gasteiger partial charge in [0.15, 0.2) is 23.1 Å². The number of piperidine rings is 1. The fraction of sp³-hybridized carbons (Fsp3) is 0.300. The fourth-order valence-electron chi connectivity index (χ4n) is 3.80. The van der Waals surface area contributed by atoms with Crippen LogP contribution in [0.5, 0.6) is 0 Å².